The summed E-state index contributed by atoms with van der Waals surface area (Å²) in [6, 6.07) is 0. The van der Waals surface area contributed by atoms with Crippen LogP contribution in [0.25, 0.3) is 0 Å². The zero-order chi connectivity index (χ0) is 33.4. The molecule has 11 nitrogen and oxygen atoms in total. The minimum atomic E-state index is -1.56. The maximum absolute atomic E-state index is 13.1. The van der Waals surface area contributed by atoms with Gasteiger partial charge in [0.1, 0.15) is 0 Å². The summed E-state index contributed by atoms with van der Waals surface area (Å²) in [5.41, 5.74) is 5.53. The van der Waals surface area contributed by atoms with Crippen LogP contribution in [0, 0.1) is 4.91 Å². The lowest BCUT2D eigenvalue weighted by atomic mass is 10.1. The van der Waals surface area contributed by atoms with Crippen LogP contribution in [0.2, 0.25) is 0 Å². The quantitative estimate of drug-likeness (QED) is 0.0432. The van der Waals surface area contributed by atoms with Crippen LogP contribution in [0.4, 0.5) is 0 Å². The van der Waals surface area contributed by atoms with Crippen LogP contribution < -0.4 is 16.4 Å². The number of rotatable bonds is 32. The highest BCUT2D eigenvalue weighted by Gasteiger charge is 2.39. The maximum atomic E-state index is 13.1. The van der Waals surface area contributed by atoms with E-state index >= 15 is 0 Å². The zero-order valence-corrected chi connectivity index (χ0v) is 28.4. The van der Waals surface area contributed by atoms with Gasteiger partial charge in [-0.25, -0.2) is 0 Å². The van der Waals surface area contributed by atoms with Crippen molar-refractivity contribution in [3.63, 3.8) is 0 Å². The minimum absolute atomic E-state index is 0.112. The van der Waals surface area contributed by atoms with Crippen LogP contribution in [0.15, 0.2) is 5.18 Å². The lowest BCUT2D eigenvalue weighted by molar-refractivity contribution is -0.176. The summed E-state index contributed by atoms with van der Waals surface area (Å²) < 4.78 is 11.1. The Kier molecular flexibility index (Phi) is 29.6. The van der Waals surface area contributed by atoms with Crippen LogP contribution in [0.1, 0.15) is 155 Å². The fraction of sp³-hybridized carbons (Fsp3) is 0.882. The van der Waals surface area contributed by atoms with Crippen molar-refractivity contribution in [1.29, 1.82) is 0 Å². The van der Waals surface area contributed by atoms with Gasteiger partial charge in [-0.05, 0) is 45.1 Å². The molecule has 0 aromatic heterocycles. The maximum Gasteiger partial charge on any atom is 0.306 e. The monoisotopic (exact) mass is 640 g/mol. The van der Waals surface area contributed by atoms with E-state index in [4.69, 9.17) is 15.2 Å². The number of amides is 2. The minimum Gasteiger partial charge on any atom is -0.448 e. The first-order chi connectivity index (χ1) is 21.9. The summed E-state index contributed by atoms with van der Waals surface area (Å²) >= 11 is 0. The van der Waals surface area contributed by atoms with Gasteiger partial charge in [0, 0.05) is 25.9 Å². The van der Waals surface area contributed by atoms with Gasteiger partial charge in [0.2, 0.25) is 12.2 Å². The average Bonchev–Trinajstić information content (AvgIpc) is 3.03. The largest absolute Gasteiger partial charge is 0.448 e. The number of nitrogens with one attached hydrogen (secondary N) is 2. The van der Waals surface area contributed by atoms with Crippen LogP contribution in [0.3, 0.4) is 0 Å². The Balaban J connectivity index is 4.87. The van der Waals surface area contributed by atoms with E-state index in [1.807, 2.05) is 13.8 Å². The summed E-state index contributed by atoms with van der Waals surface area (Å²) in [6.07, 6.45) is 16.6. The number of nitroso groups, excluding NO2 is 1. The van der Waals surface area contributed by atoms with Crippen molar-refractivity contribution in [2.75, 3.05) is 26.2 Å². The Morgan fingerprint density at radius 2 is 0.889 bits per heavy atom. The first-order valence-electron chi connectivity index (χ1n) is 17.8. The molecule has 0 fully saturated rings. The van der Waals surface area contributed by atoms with Crippen molar-refractivity contribution in [2.45, 2.75) is 167 Å². The topological polar surface area (TPSA) is 166 Å². The molecule has 0 saturated heterocycles. The van der Waals surface area contributed by atoms with E-state index in [2.05, 4.69) is 15.8 Å². The van der Waals surface area contributed by atoms with Gasteiger partial charge in [0.15, 0.2) is 0 Å². The summed E-state index contributed by atoms with van der Waals surface area (Å²) in [5.74, 6) is -2.47. The third-order valence-corrected chi connectivity index (χ3v) is 7.62. The Morgan fingerprint density at radius 1 is 0.556 bits per heavy atom. The normalized spacial score (nSPS) is 12.2. The molecule has 0 unspecified atom stereocenters. The molecule has 0 aliphatic rings. The van der Waals surface area contributed by atoms with Gasteiger partial charge in [0.05, 0.1) is 6.54 Å². The molecule has 0 aromatic rings. The second-order valence-corrected chi connectivity index (χ2v) is 11.9. The Labute approximate surface area is 272 Å². The van der Waals surface area contributed by atoms with Crippen molar-refractivity contribution in [3.05, 3.63) is 4.91 Å². The van der Waals surface area contributed by atoms with E-state index < -0.39 is 36.0 Å². The van der Waals surface area contributed by atoms with Crippen LogP contribution in [-0.4, -0.2) is 62.1 Å². The molecular formula is C34H64N4O7. The number of hydrogen-bond donors (Lipinski definition) is 3. The van der Waals surface area contributed by atoms with E-state index in [0.717, 1.165) is 90.0 Å². The fourth-order valence-electron chi connectivity index (χ4n) is 4.94. The highest BCUT2D eigenvalue weighted by Crippen LogP contribution is 2.15. The molecular weight excluding hydrogens is 576 g/mol. The first-order valence-corrected chi connectivity index (χ1v) is 17.8. The highest BCUT2D eigenvalue weighted by atomic mass is 16.6. The summed E-state index contributed by atoms with van der Waals surface area (Å²) in [5, 5.41) is 8.25. The fourth-order valence-corrected chi connectivity index (χ4v) is 4.94. The average molecular weight is 641 g/mol. The molecule has 11 heteroatoms. The molecule has 0 saturated carbocycles. The van der Waals surface area contributed by atoms with Gasteiger partial charge in [-0.3, -0.25) is 19.2 Å². The van der Waals surface area contributed by atoms with E-state index in [1.54, 1.807) is 0 Å². The lowest BCUT2D eigenvalue weighted by Gasteiger charge is -2.25. The van der Waals surface area contributed by atoms with E-state index in [0.29, 0.717) is 45.3 Å². The van der Waals surface area contributed by atoms with E-state index in [1.165, 1.54) is 19.3 Å². The molecule has 0 heterocycles. The number of esters is 2. The molecule has 4 N–H and O–H groups in total. The van der Waals surface area contributed by atoms with E-state index in [9.17, 15) is 24.1 Å². The SMILES string of the molecule is CCCNC(=O)[C@H](OC(=O)CCCCCCCCCCCN)[C@@H](OC(=O)CCCCCCCCCCCN=O)C(=O)NCCC. The van der Waals surface area contributed by atoms with Crippen molar-refractivity contribution >= 4 is 23.8 Å². The van der Waals surface area contributed by atoms with Gasteiger partial charge in [0.25, 0.3) is 11.8 Å². The summed E-state index contributed by atoms with van der Waals surface area (Å²) in [7, 11) is 0. The van der Waals surface area contributed by atoms with Crippen molar-refractivity contribution in [2.24, 2.45) is 10.9 Å². The first kappa shape index (κ1) is 42.4. The third kappa shape index (κ3) is 25.3. The highest BCUT2D eigenvalue weighted by molar-refractivity contribution is 5.93. The Bertz CT molecular complexity index is 782. The lowest BCUT2D eigenvalue weighted by Crippen LogP contribution is -2.53. The van der Waals surface area contributed by atoms with Crippen LogP contribution in [0.5, 0.6) is 0 Å². The van der Waals surface area contributed by atoms with Gasteiger partial charge < -0.3 is 25.8 Å². The molecule has 2 atom stereocenters. The molecule has 0 aliphatic carbocycles. The second-order valence-electron chi connectivity index (χ2n) is 11.9. The Hall–Kier alpha value is -2.56. The molecule has 0 bridgehead atoms. The molecule has 262 valence electrons. The number of carbonyl (C=O) groups excluding carboxylic acids is 4. The van der Waals surface area contributed by atoms with Crippen LogP contribution in [-0.2, 0) is 28.7 Å². The molecule has 0 rings (SSSR count). The number of carbonyl (C=O) groups is 4. The number of ether oxygens (including phenoxy) is 2. The van der Waals surface area contributed by atoms with E-state index in [-0.39, 0.29) is 12.8 Å². The molecule has 0 aromatic carbocycles. The molecule has 0 aliphatic heterocycles. The van der Waals surface area contributed by atoms with Crippen molar-refractivity contribution in [3.8, 4) is 0 Å². The van der Waals surface area contributed by atoms with Crippen LogP contribution >= 0.6 is 0 Å². The molecule has 0 radical (unpaired) electrons. The van der Waals surface area contributed by atoms with Gasteiger partial charge in [-0.15, -0.1) is 0 Å². The van der Waals surface area contributed by atoms with Gasteiger partial charge >= 0.3 is 11.9 Å². The molecule has 0 spiro atoms. The smallest absolute Gasteiger partial charge is 0.306 e. The predicted molar refractivity (Wildman–Crippen MR) is 178 cm³/mol. The number of nitrogens with zero attached hydrogens (tertiary/aromatic N) is 1. The predicted octanol–water partition coefficient (Wildman–Crippen LogP) is 6.39. The number of unbranched alkanes of at least 4 members (excludes halogenated alkanes) is 16. The van der Waals surface area contributed by atoms with Crippen molar-refractivity contribution in [1.82, 2.24) is 10.6 Å². The number of hydrogen-bond acceptors (Lipinski definition) is 9. The zero-order valence-electron chi connectivity index (χ0n) is 28.4. The number of nitrogens with two attached hydrogens (primary N) is 1. The summed E-state index contributed by atoms with van der Waals surface area (Å²) in [6.45, 7) is 5.59. The standard InChI is InChI=1S/C34H64N4O7/c1-3-26-36-33(41)31(44-29(39)23-19-15-11-7-5-9-13-17-21-25-35)32(34(42)37-27-4-2)45-30(40)24-20-16-12-8-6-10-14-18-22-28-38-43/h31-32H,3-28,35H2,1-2H3,(H,36,41)(H,37,42)/t31-,32-/m1/s1. The Morgan fingerprint density at radius 3 is 1.22 bits per heavy atom. The molecule has 2 amide bonds. The van der Waals surface area contributed by atoms with Crippen molar-refractivity contribution < 1.29 is 28.7 Å². The van der Waals surface area contributed by atoms with Gasteiger partial charge in [-0.1, -0.05) is 109 Å². The van der Waals surface area contributed by atoms with Gasteiger partial charge in [-0.2, -0.15) is 4.91 Å². The molecule has 45 heavy (non-hydrogen) atoms. The second kappa shape index (κ2) is 31.4. The third-order valence-electron chi connectivity index (χ3n) is 7.62. The summed E-state index contributed by atoms with van der Waals surface area (Å²) in [4.78, 5) is 61.8.